The molecule has 0 aromatic carbocycles. The van der Waals surface area contributed by atoms with E-state index in [2.05, 4.69) is 24.5 Å². The zero-order valence-corrected chi connectivity index (χ0v) is 10.2. The Bertz CT molecular complexity index is 202. The minimum atomic E-state index is -0.0226. The molecule has 2 N–H and O–H groups in total. The van der Waals surface area contributed by atoms with E-state index in [0.717, 1.165) is 19.5 Å². The van der Waals surface area contributed by atoms with Crippen molar-refractivity contribution in [2.24, 2.45) is 5.92 Å². The highest BCUT2D eigenvalue weighted by Crippen LogP contribution is 2.08. The molecule has 1 amide bonds. The maximum atomic E-state index is 12.0. The van der Waals surface area contributed by atoms with Crippen LogP contribution in [-0.2, 0) is 4.79 Å². The third-order valence-corrected chi connectivity index (χ3v) is 2.86. The van der Waals surface area contributed by atoms with Crippen molar-refractivity contribution < 1.29 is 4.79 Å². The highest BCUT2D eigenvalue weighted by atomic mass is 16.2. The molecule has 88 valence electrons. The monoisotopic (exact) mass is 213 g/mol. The van der Waals surface area contributed by atoms with Gasteiger partial charge in [-0.1, -0.05) is 13.8 Å². The van der Waals surface area contributed by atoms with Gasteiger partial charge in [-0.3, -0.25) is 9.69 Å². The normalized spacial score (nSPS) is 23.5. The van der Waals surface area contributed by atoms with Gasteiger partial charge in [-0.15, -0.1) is 0 Å². The van der Waals surface area contributed by atoms with Crippen LogP contribution < -0.4 is 10.6 Å². The maximum Gasteiger partial charge on any atom is 0.237 e. The van der Waals surface area contributed by atoms with Crippen molar-refractivity contribution in [3.05, 3.63) is 0 Å². The Morgan fingerprint density at radius 3 is 2.53 bits per heavy atom. The van der Waals surface area contributed by atoms with Crippen LogP contribution in [0.2, 0.25) is 0 Å². The fourth-order valence-corrected chi connectivity index (χ4v) is 2.20. The number of carbonyl (C=O) groups excluding carboxylic acids is 1. The maximum absolute atomic E-state index is 12.0. The van der Waals surface area contributed by atoms with Gasteiger partial charge in [0.1, 0.15) is 0 Å². The molecule has 1 aliphatic rings. The Hall–Kier alpha value is -0.610. The molecule has 4 heteroatoms. The van der Waals surface area contributed by atoms with Gasteiger partial charge in [-0.2, -0.15) is 0 Å². The molecule has 0 spiro atoms. The average Bonchev–Trinajstić information content (AvgIpc) is 2.54. The van der Waals surface area contributed by atoms with Crippen LogP contribution in [0.1, 0.15) is 20.3 Å². The van der Waals surface area contributed by atoms with Gasteiger partial charge >= 0.3 is 0 Å². The molecule has 2 atom stereocenters. The summed E-state index contributed by atoms with van der Waals surface area (Å²) in [4.78, 5) is 14.0. The molecule has 0 saturated carbocycles. The number of amides is 1. The molecule has 0 aliphatic carbocycles. The first-order valence-electron chi connectivity index (χ1n) is 5.70. The van der Waals surface area contributed by atoms with Crippen molar-refractivity contribution in [3.8, 4) is 0 Å². The van der Waals surface area contributed by atoms with E-state index in [1.807, 2.05) is 19.0 Å². The standard InChI is InChI=1S/C11H23N3O/c1-8(2)10(14(3)4)11(15)13-9-5-6-12-7-9/h8-10,12H,5-7H2,1-4H3,(H,13,15). The predicted octanol–water partition coefficient (Wildman–Crippen LogP) is 0.0507. The molecule has 0 radical (unpaired) electrons. The van der Waals surface area contributed by atoms with Crippen LogP contribution in [0.15, 0.2) is 0 Å². The van der Waals surface area contributed by atoms with Gasteiger partial charge in [0.2, 0.25) is 5.91 Å². The van der Waals surface area contributed by atoms with E-state index in [9.17, 15) is 4.79 Å². The van der Waals surface area contributed by atoms with Gasteiger partial charge in [0.05, 0.1) is 6.04 Å². The first-order chi connectivity index (χ1) is 7.02. The van der Waals surface area contributed by atoms with E-state index in [1.54, 1.807) is 0 Å². The molecule has 4 nitrogen and oxygen atoms in total. The lowest BCUT2D eigenvalue weighted by atomic mass is 10.0. The van der Waals surface area contributed by atoms with Crippen molar-refractivity contribution in [2.45, 2.75) is 32.4 Å². The van der Waals surface area contributed by atoms with Crippen molar-refractivity contribution in [1.82, 2.24) is 15.5 Å². The van der Waals surface area contributed by atoms with Crippen molar-refractivity contribution >= 4 is 5.91 Å². The first kappa shape index (κ1) is 12.5. The number of hydrogen-bond acceptors (Lipinski definition) is 3. The number of likely N-dealkylation sites (N-methyl/N-ethyl adjacent to an activating group) is 1. The van der Waals surface area contributed by atoms with Gasteiger partial charge in [-0.25, -0.2) is 0 Å². The Morgan fingerprint density at radius 2 is 2.13 bits per heavy atom. The fraction of sp³-hybridized carbons (Fsp3) is 0.909. The second-order valence-corrected chi connectivity index (χ2v) is 4.85. The number of nitrogens with one attached hydrogen (secondary N) is 2. The molecule has 0 bridgehead atoms. The topological polar surface area (TPSA) is 44.4 Å². The summed E-state index contributed by atoms with van der Waals surface area (Å²) in [7, 11) is 3.91. The predicted molar refractivity (Wildman–Crippen MR) is 61.7 cm³/mol. The van der Waals surface area contributed by atoms with E-state index in [-0.39, 0.29) is 11.9 Å². The number of nitrogens with zero attached hydrogens (tertiary/aromatic N) is 1. The Balaban J connectivity index is 2.48. The van der Waals surface area contributed by atoms with Crippen LogP contribution in [0.4, 0.5) is 0 Å². The van der Waals surface area contributed by atoms with Crippen LogP contribution in [0.5, 0.6) is 0 Å². The quantitative estimate of drug-likeness (QED) is 0.693. The lowest BCUT2D eigenvalue weighted by Crippen LogP contribution is -2.50. The Morgan fingerprint density at radius 1 is 1.47 bits per heavy atom. The second-order valence-electron chi connectivity index (χ2n) is 4.85. The van der Waals surface area contributed by atoms with Gasteiger partial charge in [0.15, 0.2) is 0 Å². The van der Waals surface area contributed by atoms with Crippen molar-refractivity contribution in [3.63, 3.8) is 0 Å². The van der Waals surface area contributed by atoms with E-state index >= 15 is 0 Å². The minimum Gasteiger partial charge on any atom is -0.351 e. The van der Waals surface area contributed by atoms with E-state index in [0.29, 0.717) is 12.0 Å². The Kier molecular flexibility index (Phi) is 4.54. The third kappa shape index (κ3) is 3.47. The fourth-order valence-electron chi connectivity index (χ4n) is 2.20. The van der Waals surface area contributed by atoms with Crippen LogP contribution in [0.3, 0.4) is 0 Å². The van der Waals surface area contributed by atoms with Gasteiger partial charge in [0.25, 0.3) is 0 Å². The number of hydrogen-bond donors (Lipinski definition) is 2. The van der Waals surface area contributed by atoms with Gasteiger partial charge < -0.3 is 10.6 Å². The van der Waals surface area contributed by atoms with Crippen LogP contribution >= 0.6 is 0 Å². The summed E-state index contributed by atoms with van der Waals surface area (Å²) in [6, 6.07) is 0.296. The first-order valence-corrected chi connectivity index (χ1v) is 5.70. The summed E-state index contributed by atoms with van der Waals surface area (Å²) >= 11 is 0. The zero-order valence-electron chi connectivity index (χ0n) is 10.2. The van der Waals surface area contributed by atoms with Gasteiger partial charge in [-0.05, 0) is 33.0 Å². The van der Waals surface area contributed by atoms with Crippen LogP contribution in [-0.4, -0.2) is 50.1 Å². The molecular weight excluding hydrogens is 190 g/mol. The van der Waals surface area contributed by atoms with E-state index in [1.165, 1.54) is 0 Å². The minimum absolute atomic E-state index is 0.0226. The molecule has 1 fully saturated rings. The summed E-state index contributed by atoms with van der Waals surface area (Å²) in [6.07, 6.45) is 1.05. The summed E-state index contributed by atoms with van der Waals surface area (Å²) in [6.45, 7) is 6.08. The Labute approximate surface area is 92.4 Å². The molecule has 1 rings (SSSR count). The summed E-state index contributed by atoms with van der Waals surface area (Å²) < 4.78 is 0. The third-order valence-electron chi connectivity index (χ3n) is 2.86. The molecular formula is C11H23N3O. The summed E-state index contributed by atoms with van der Waals surface area (Å²) in [5.41, 5.74) is 0. The SMILES string of the molecule is CC(C)C(C(=O)NC1CCNC1)N(C)C. The highest BCUT2D eigenvalue weighted by molar-refractivity contribution is 5.82. The molecule has 2 unspecified atom stereocenters. The average molecular weight is 213 g/mol. The zero-order chi connectivity index (χ0) is 11.4. The molecule has 0 aromatic heterocycles. The molecule has 0 aromatic rings. The van der Waals surface area contributed by atoms with Gasteiger partial charge in [0, 0.05) is 12.6 Å². The molecule has 1 saturated heterocycles. The largest absolute Gasteiger partial charge is 0.351 e. The second kappa shape index (κ2) is 5.47. The molecule has 1 heterocycles. The smallest absolute Gasteiger partial charge is 0.237 e. The van der Waals surface area contributed by atoms with Crippen LogP contribution in [0.25, 0.3) is 0 Å². The summed E-state index contributed by atoms with van der Waals surface area (Å²) in [5.74, 6) is 0.498. The van der Waals surface area contributed by atoms with Crippen molar-refractivity contribution in [2.75, 3.05) is 27.2 Å². The lowest BCUT2D eigenvalue weighted by molar-refractivity contribution is -0.127. The molecule has 1 aliphatic heterocycles. The molecule has 15 heavy (non-hydrogen) atoms. The number of rotatable bonds is 4. The van der Waals surface area contributed by atoms with Crippen LogP contribution in [0, 0.1) is 5.92 Å². The van der Waals surface area contributed by atoms with E-state index < -0.39 is 0 Å². The van der Waals surface area contributed by atoms with Crippen molar-refractivity contribution in [1.29, 1.82) is 0 Å². The number of carbonyl (C=O) groups is 1. The van der Waals surface area contributed by atoms with E-state index in [4.69, 9.17) is 0 Å². The summed E-state index contributed by atoms with van der Waals surface area (Å²) in [5, 5.41) is 6.35. The highest BCUT2D eigenvalue weighted by Gasteiger charge is 2.26. The lowest BCUT2D eigenvalue weighted by Gasteiger charge is -2.28.